The van der Waals surface area contributed by atoms with Crippen molar-refractivity contribution in [1.82, 2.24) is 29.9 Å². The van der Waals surface area contributed by atoms with Crippen molar-refractivity contribution >= 4 is 29.4 Å². The minimum atomic E-state index is -0.345. The average molecular weight is 587 g/mol. The van der Waals surface area contributed by atoms with Gasteiger partial charge in [0.05, 0.1) is 12.0 Å². The number of amides is 3. The van der Waals surface area contributed by atoms with Crippen LogP contribution in [-0.4, -0.2) is 88.6 Å². The van der Waals surface area contributed by atoms with Crippen molar-refractivity contribution in [3.8, 4) is 6.07 Å². The van der Waals surface area contributed by atoms with Crippen LogP contribution in [0.4, 0.5) is 10.6 Å². The first-order chi connectivity index (χ1) is 20.2. The molecular formula is C31H35ClN8O2. The molecule has 5 rings (SSSR count). The number of urea groups is 1. The van der Waals surface area contributed by atoms with E-state index in [0.717, 1.165) is 29.7 Å². The molecule has 4 heterocycles. The maximum Gasteiger partial charge on any atom is 0.320 e. The summed E-state index contributed by atoms with van der Waals surface area (Å²) < 4.78 is 0. The third kappa shape index (κ3) is 6.31. The zero-order valence-electron chi connectivity index (χ0n) is 24.2. The Bertz CT molecular complexity index is 1440. The van der Waals surface area contributed by atoms with E-state index in [-0.39, 0.29) is 35.5 Å². The zero-order chi connectivity index (χ0) is 29.8. The Labute approximate surface area is 251 Å². The van der Waals surface area contributed by atoms with E-state index >= 15 is 0 Å². The van der Waals surface area contributed by atoms with Gasteiger partial charge in [-0.2, -0.15) is 5.26 Å². The fourth-order valence-corrected chi connectivity index (χ4v) is 6.02. The molecule has 42 heavy (non-hydrogen) atoms. The first kappa shape index (κ1) is 29.3. The normalized spacial score (nSPS) is 20.9. The van der Waals surface area contributed by atoms with Gasteiger partial charge < -0.3 is 19.6 Å². The first-order valence-electron chi connectivity index (χ1n) is 14.2. The molecule has 0 bridgehead atoms. The van der Waals surface area contributed by atoms with E-state index < -0.39 is 0 Å². The molecule has 0 radical (unpaired) electrons. The lowest BCUT2D eigenvalue weighted by Crippen LogP contribution is -2.49. The smallest absolute Gasteiger partial charge is 0.320 e. The van der Waals surface area contributed by atoms with Crippen LogP contribution in [-0.2, 0) is 4.79 Å². The molecule has 2 saturated heterocycles. The van der Waals surface area contributed by atoms with E-state index in [1.165, 1.54) is 0 Å². The molecule has 2 aliphatic rings. The van der Waals surface area contributed by atoms with Gasteiger partial charge in [0.15, 0.2) is 11.5 Å². The van der Waals surface area contributed by atoms with Crippen molar-refractivity contribution in [2.45, 2.75) is 31.7 Å². The maximum absolute atomic E-state index is 14.3. The molecule has 0 aliphatic carbocycles. The Morgan fingerprint density at radius 3 is 2.43 bits per heavy atom. The van der Waals surface area contributed by atoms with Gasteiger partial charge in [0.25, 0.3) is 0 Å². The second-order valence-corrected chi connectivity index (χ2v) is 11.6. The molecule has 0 N–H and O–H groups in total. The van der Waals surface area contributed by atoms with Gasteiger partial charge in [0.2, 0.25) is 5.91 Å². The molecule has 0 spiro atoms. The predicted molar refractivity (Wildman–Crippen MR) is 160 cm³/mol. The van der Waals surface area contributed by atoms with Gasteiger partial charge >= 0.3 is 6.03 Å². The van der Waals surface area contributed by atoms with Gasteiger partial charge in [0.1, 0.15) is 6.07 Å². The molecule has 3 atom stereocenters. The van der Waals surface area contributed by atoms with Gasteiger partial charge in [-0.15, -0.1) is 10.2 Å². The highest BCUT2D eigenvalue weighted by Gasteiger charge is 2.42. The summed E-state index contributed by atoms with van der Waals surface area (Å²) in [5.74, 6) is 0.195. The summed E-state index contributed by atoms with van der Waals surface area (Å²) in [5.41, 5.74) is 3.20. The number of halogens is 1. The summed E-state index contributed by atoms with van der Waals surface area (Å²) in [6.07, 6.45) is 3.31. The molecule has 3 amide bonds. The van der Waals surface area contributed by atoms with Gasteiger partial charge in [-0.1, -0.05) is 29.8 Å². The summed E-state index contributed by atoms with van der Waals surface area (Å²) in [7, 11) is 3.50. The summed E-state index contributed by atoms with van der Waals surface area (Å²) in [5, 5.41) is 18.0. The molecular weight excluding hydrogens is 552 g/mol. The standard InChI is InChI=1S/C31H35ClN8O2/c1-21-6-12-27(34-18-21)25-19-39(29-13-11-24(17-33)35-36-29)20-26(25)30(41)38-14-4-5-28(22-7-9-23(32)10-8-22)40(16-15-38)31(42)37(2)3/h6-13,18,25-26,28H,4-5,14-16,19-20H2,1-3H3/t25-,26-,28?/m1/s1. The number of hydrogen-bond donors (Lipinski definition) is 0. The van der Waals surface area contributed by atoms with Gasteiger partial charge in [0, 0.05) is 69.7 Å². The molecule has 2 aromatic heterocycles. The monoisotopic (exact) mass is 586 g/mol. The number of aryl methyl sites for hydroxylation is 1. The molecule has 218 valence electrons. The molecule has 1 unspecified atom stereocenters. The number of pyridine rings is 1. The van der Waals surface area contributed by atoms with Crippen molar-refractivity contribution in [3.63, 3.8) is 0 Å². The highest BCUT2D eigenvalue weighted by atomic mass is 35.5. The van der Waals surface area contributed by atoms with Crippen molar-refractivity contribution in [2.75, 3.05) is 51.7 Å². The number of benzene rings is 1. The van der Waals surface area contributed by atoms with Crippen LogP contribution in [0.1, 0.15) is 47.3 Å². The molecule has 11 heteroatoms. The first-order valence-corrected chi connectivity index (χ1v) is 14.6. The number of carbonyl (C=O) groups excluding carboxylic acids is 2. The number of nitriles is 1. The van der Waals surface area contributed by atoms with Gasteiger partial charge in [-0.05, 0) is 61.2 Å². The summed E-state index contributed by atoms with van der Waals surface area (Å²) in [6, 6.07) is 16.9. The van der Waals surface area contributed by atoms with Crippen LogP contribution in [0.5, 0.6) is 0 Å². The molecule has 2 fully saturated rings. The largest absolute Gasteiger partial charge is 0.354 e. The van der Waals surface area contributed by atoms with E-state index in [2.05, 4.69) is 15.2 Å². The Morgan fingerprint density at radius 1 is 1.00 bits per heavy atom. The van der Waals surface area contributed by atoms with Crippen LogP contribution in [0.25, 0.3) is 0 Å². The average Bonchev–Trinajstić information content (AvgIpc) is 3.43. The van der Waals surface area contributed by atoms with Crippen LogP contribution in [0.2, 0.25) is 5.02 Å². The van der Waals surface area contributed by atoms with Crippen LogP contribution < -0.4 is 4.90 Å². The molecule has 2 aliphatic heterocycles. The minimum Gasteiger partial charge on any atom is -0.354 e. The molecule has 1 aromatic carbocycles. The van der Waals surface area contributed by atoms with Crippen LogP contribution in [0, 0.1) is 24.2 Å². The number of carbonyl (C=O) groups is 2. The summed E-state index contributed by atoms with van der Waals surface area (Å²) in [6.45, 7) is 4.47. The number of hydrogen-bond acceptors (Lipinski definition) is 7. The quantitative estimate of drug-likeness (QED) is 0.449. The van der Waals surface area contributed by atoms with Crippen molar-refractivity contribution in [2.24, 2.45) is 5.92 Å². The highest BCUT2D eigenvalue weighted by Crippen LogP contribution is 2.36. The topological polar surface area (TPSA) is 110 Å². The second-order valence-electron chi connectivity index (χ2n) is 11.2. The lowest BCUT2D eigenvalue weighted by Gasteiger charge is -2.39. The fourth-order valence-electron chi connectivity index (χ4n) is 5.89. The van der Waals surface area contributed by atoms with Crippen LogP contribution in [0.15, 0.2) is 54.7 Å². The van der Waals surface area contributed by atoms with E-state index in [0.29, 0.717) is 43.6 Å². The summed E-state index contributed by atoms with van der Waals surface area (Å²) >= 11 is 6.14. The summed E-state index contributed by atoms with van der Waals surface area (Å²) in [4.78, 5) is 39.7. The number of anilines is 1. The Kier molecular flexibility index (Phi) is 8.88. The fraction of sp³-hybridized carbons (Fsp3) is 0.419. The lowest BCUT2D eigenvalue weighted by atomic mass is 9.90. The van der Waals surface area contributed by atoms with Crippen LogP contribution >= 0.6 is 11.6 Å². The van der Waals surface area contributed by atoms with E-state index in [9.17, 15) is 9.59 Å². The van der Waals surface area contributed by atoms with Crippen molar-refractivity contribution in [1.29, 1.82) is 5.26 Å². The minimum absolute atomic E-state index is 0.0497. The molecule has 0 saturated carbocycles. The van der Waals surface area contributed by atoms with Crippen molar-refractivity contribution in [3.05, 3.63) is 82.3 Å². The number of aromatic nitrogens is 3. The Morgan fingerprint density at radius 2 is 1.79 bits per heavy atom. The van der Waals surface area contributed by atoms with Gasteiger partial charge in [-0.25, -0.2) is 4.79 Å². The number of nitrogens with zero attached hydrogens (tertiary/aromatic N) is 8. The van der Waals surface area contributed by atoms with Crippen LogP contribution in [0.3, 0.4) is 0 Å². The van der Waals surface area contributed by atoms with E-state index in [1.807, 2.05) is 70.3 Å². The van der Waals surface area contributed by atoms with E-state index in [4.69, 9.17) is 16.9 Å². The predicted octanol–water partition coefficient (Wildman–Crippen LogP) is 4.27. The lowest BCUT2D eigenvalue weighted by molar-refractivity contribution is -0.136. The Hall–Kier alpha value is -4.23. The molecule has 10 nitrogen and oxygen atoms in total. The number of rotatable bonds is 4. The third-order valence-electron chi connectivity index (χ3n) is 8.13. The highest BCUT2D eigenvalue weighted by molar-refractivity contribution is 6.30. The Balaban J connectivity index is 1.39. The molecule has 3 aromatic rings. The second kappa shape index (κ2) is 12.7. The van der Waals surface area contributed by atoms with Crippen molar-refractivity contribution < 1.29 is 9.59 Å². The third-order valence-corrected chi connectivity index (χ3v) is 8.38. The SMILES string of the molecule is Cc1ccc([C@@H]2CN(c3ccc(C#N)nn3)C[C@H]2C(=O)N2CCCC(c3ccc(Cl)cc3)N(C(=O)N(C)C)CC2)nc1. The zero-order valence-corrected chi connectivity index (χ0v) is 24.9. The maximum atomic E-state index is 14.3. The van der Waals surface area contributed by atoms with E-state index in [1.54, 1.807) is 31.1 Å². The van der Waals surface area contributed by atoms with Gasteiger partial charge in [-0.3, -0.25) is 9.78 Å².